The van der Waals surface area contributed by atoms with E-state index >= 15 is 0 Å². The zero-order valence-corrected chi connectivity index (χ0v) is 9.72. The molecular formula is C14H20. The summed E-state index contributed by atoms with van der Waals surface area (Å²) in [6.45, 7) is 9.23. The van der Waals surface area contributed by atoms with Crippen molar-refractivity contribution < 1.29 is 0 Å². The fraction of sp³-hybridized carbons (Fsp3) is 0.571. The summed E-state index contributed by atoms with van der Waals surface area (Å²) in [6.07, 6.45) is 2.64. The van der Waals surface area contributed by atoms with Crippen molar-refractivity contribution in [3.8, 4) is 0 Å². The van der Waals surface area contributed by atoms with Crippen LogP contribution in [-0.4, -0.2) is 0 Å². The van der Waals surface area contributed by atoms with Crippen LogP contribution in [0.3, 0.4) is 0 Å². The highest BCUT2D eigenvalue weighted by molar-refractivity contribution is 5.46. The van der Waals surface area contributed by atoms with E-state index in [-0.39, 0.29) is 0 Å². The molecule has 0 aromatic heterocycles. The maximum Gasteiger partial charge on any atom is -0.0182 e. The van der Waals surface area contributed by atoms with Gasteiger partial charge in [-0.05, 0) is 53.9 Å². The molecule has 0 unspecified atom stereocenters. The lowest BCUT2D eigenvalue weighted by atomic mass is 9.89. The van der Waals surface area contributed by atoms with Gasteiger partial charge in [-0.1, -0.05) is 32.9 Å². The molecule has 0 aliphatic heterocycles. The molecule has 0 bridgehead atoms. The molecule has 0 spiro atoms. The van der Waals surface area contributed by atoms with Crippen LogP contribution in [0.5, 0.6) is 0 Å². The molecule has 0 heterocycles. The SMILES string of the molecule is Cc1ccc(C(C)C)c2c1CC[C@@H]2C. The minimum atomic E-state index is 0.671. The van der Waals surface area contributed by atoms with Gasteiger partial charge in [-0.15, -0.1) is 0 Å². The second-order valence-electron chi connectivity index (χ2n) is 4.96. The number of hydrogen-bond donors (Lipinski definition) is 0. The van der Waals surface area contributed by atoms with Gasteiger partial charge in [-0.25, -0.2) is 0 Å². The standard InChI is InChI=1S/C14H20/c1-9(2)12-7-5-10(3)13-8-6-11(4)14(12)13/h5,7,9,11H,6,8H2,1-4H3/t11-/m0/s1. The van der Waals surface area contributed by atoms with Gasteiger partial charge in [0.2, 0.25) is 0 Å². The molecule has 1 aromatic carbocycles. The summed E-state index contributed by atoms with van der Waals surface area (Å²) in [6, 6.07) is 4.63. The zero-order chi connectivity index (χ0) is 10.3. The highest BCUT2D eigenvalue weighted by Crippen LogP contribution is 2.39. The number of fused-ring (bicyclic) bond motifs is 1. The van der Waals surface area contributed by atoms with Crippen LogP contribution in [0.15, 0.2) is 12.1 Å². The van der Waals surface area contributed by atoms with Crippen LogP contribution in [0.25, 0.3) is 0 Å². The first kappa shape index (κ1) is 9.76. The van der Waals surface area contributed by atoms with Crippen LogP contribution in [0.4, 0.5) is 0 Å². The summed E-state index contributed by atoms with van der Waals surface area (Å²) in [5, 5.41) is 0. The zero-order valence-electron chi connectivity index (χ0n) is 9.72. The maximum absolute atomic E-state index is 2.37. The van der Waals surface area contributed by atoms with Crippen LogP contribution in [-0.2, 0) is 6.42 Å². The lowest BCUT2D eigenvalue weighted by Crippen LogP contribution is -1.99. The van der Waals surface area contributed by atoms with E-state index in [0.29, 0.717) is 5.92 Å². The van der Waals surface area contributed by atoms with Gasteiger partial charge in [0.15, 0.2) is 0 Å². The Morgan fingerprint density at radius 3 is 2.64 bits per heavy atom. The molecule has 0 nitrogen and oxygen atoms in total. The Bertz CT molecular complexity index is 347. The minimum absolute atomic E-state index is 0.671. The lowest BCUT2D eigenvalue weighted by Gasteiger charge is -2.16. The molecule has 0 saturated carbocycles. The van der Waals surface area contributed by atoms with Crippen molar-refractivity contribution >= 4 is 0 Å². The van der Waals surface area contributed by atoms with Gasteiger partial charge < -0.3 is 0 Å². The van der Waals surface area contributed by atoms with Crippen molar-refractivity contribution in [2.24, 2.45) is 0 Å². The molecule has 1 aliphatic rings. The van der Waals surface area contributed by atoms with Crippen LogP contribution < -0.4 is 0 Å². The third kappa shape index (κ3) is 1.37. The van der Waals surface area contributed by atoms with Gasteiger partial charge in [-0.2, -0.15) is 0 Å². The highest BCUT2D eigenvalue weighted by atomic mass is 14.3. The average molecular weight is 188 g/mol. The smallest absolute Gasteiger partial charge is 0.0182 e. The second-order valence-corrected chi connectivity index (χ2v) is 4.96. The lowest BCUT2D eigenvalue weighted by molar-refractivity contribution is 0.729. The van der Waals surface area contributed by atoms with Crippen molar-refractivity contribution in [1.82, 2.24) is 0 Å². The van der Waals surface area contributed by atoms with Crippen molar-refractivity contribution in [3.05, 3.63) is 34.4 Å². The first-order chi connectivity index (χ1) is 6.61. The predicted octanol–water partition coefficient (Wildman–Crippen LogP) is 4.17. The van der Waals surface area contributed by atoms with Gasteiger partial charge >= 0.3 is 0 Å². The molecule has 0 N–H and O–H groups in total. The quantitative estimate of drug-likeness (QED) is 0.620. The molecule has 0 amide bonds. The normalized spacial score (nSPS) is 20.2. The minimum Gasteiger partial charge on any atom is -0.0587 e. The topological polar surface area (TPSA) is 0 Å². The van der Waals surface area contributed by atoms with Crippen molar-refractivity contribution in [2.45, 2.75) is 52.4 Å². The van der Waals surface area contributed by atoms with E-state index < -0.39 is 0 Å². The van der Waals surface area contributed by atoms with Gasteiger partial charge in [-0.3, -0.25) is 0 Å². The van der Waals surface area contributed by atoms with Gasteiger partial charge in [0.1, 0.15) is 0 Å². The van der Waals surface area contributed by atoms with Crippen LogP contribution in [0.1, 0.15) is 61.3 Å². The largest absolute Gasteiger partial charge is 0.0587 e. The molecule has 0 radical (unpaired) electrons. The summed E-state index contributed by atoms with van der Waals surface area (Å²) >= 11 is 0. The van der Waals surface area contributed by atoms with E-state index in [1.165, 1.54) is 18.4 Å². The Morgan fingerprint density at radius 2 is 2.00 bits per heavy atom. The number of benzene rings is 1. The van der Waals surface area contributed by atoms with E-state index in [4.69, 9.17) is 0 Å². The Balaban J connectivity index is 2.60. The summed E-state index contributed by atoms with van der Waals surface area (Å²) in [5.41, 5.74) is 6.38. The second kappa shape index (κ2) is 3.42. The fourth-order valence-corrected chi connectivity index (χ4v) is 2.71. The van der Waals surface area contributed by atoms with E-state index in [1.54, 1.807) is 16.7 Å². The first-order valence-electron chi connectivity index (χ1n) is 5.73. The Hall–Kier alpha value is -0.780. The summed E-state index contributed by atoms with van der Waals surface area (Å²) < 4.78 is 0. The molecule has 76 valence electrons. The Morgan fingerprint density at radius 1 is 1.29 bits per heavy atom. The van der Waals surface area contributed by atoms with Crippen LogP contribution in [0.2, 0.25) is 0 Å². The molecule has 0 saturated heterocycles. The summed E-state index contributed by atoms with van der Waals surface area (Å²) in [4.78, 5) is 0. The van der Waals surface area contributed by atoms with Crippen molar-refractivity contribution in [1.29, 1.82) is 0 Å². The Labute approximate surface area is 87.3 Å². The molecule has 1 atom stereocenters. The average Bonchev–Trinajstić information content (AvgIpc) is 2.50. The molecule has 2 rings (SSSR count). The third-order valence-electron chi connectivity index (χ3n) is 3.57. The van der Waals surface area contributed by atoms with E-state index in [2.05, 4.69) is 39.8 Å². The van der Waals surface area contributed by atoms with Crippen molar-refractivity contribution in [3.63, 3.8) is 0 Å². The van der Waals surface area contributed by atoms with Crippen molar-refractivity contribution in [2.75, 3.05) is 0 Å². The number of hydrogen-bond acceptors (Lipinski definition) is 0. The highest BCUT2D eigenvalue weighted by Gasteiger charge is 2.23. The Kier molecular flexibility index (Phi) is 2.38. The van der Waals surface area contributed by atoms with Crippen LogP contribution in [0, 0.1) is 6.92 Å². The van der Waals surface area contributed by atoms with E-state index in [1.807, 2.05) is 0 Å². The third-order valence-corrected chi connectivity index (χ3v) is 3.57. The van der Waals surface area contributed by atoms with E-state index in [9.17, 15) is 0 Å². The molecule has 0 heteroatoms. The van der Waals surface area contributed by atoms with E-state index in [0.717, 1.165) is 5.92 Å². The predicted molar refractivity (Wildman–Crippen MR) is 62.0 cm³/mol. The first-order valence-corrected chi connectivity index (χ1v) is 5.73. The van der Waals surface area contributed by atoms with Gasteiger partial charge in [0.05, 0.1) is 0 Å². The van der Waals surface area contributed by atoms with Gasteiger partial charge in [0.25, 0.3) is 0 Å². The summed E-state index contributed by atoms with van der Waals surface area (Å²) in [5.74, 6) is 1.45. The molecule has 1 aromatic rings. The number of aryl methyl sites for hydroxylation is 1. The summed E-state index contributed by atoms with van der Waals surface area (Å²) in [7, 11) is 0. The molecule has 0 fully saturated rings. The monoisotopic (exact) mass is 188 g/mol. The number of rotatable bonds is 1. The maximum atomic E-state index is 2.37. The molecule has 1 aliphatic carbocycles. The van der Waals surface area contributed by atoms with Crippen LogP contribution >= 0.6 is 0 Å². The molecule has 14 heavy (non-hydrogen) atoms. The molecular weight excluding hydrogens is 168 g/mol. The van der Waals surface area contributed by atoms with Gasteiger partial charge in [0, 0.05) is 0 Å². The fourth-order valence-electron chi connectivity index (χ4n) is 2.71.